The molecule has 1 unspecified atom stereocenters. The van der Waals surface area contributed by atoms with Gasteiger partial charge in [0, 0.05) is 0 Å². The first-order valence-corrected chi connectivity index (χ1v) is 5.52. The summed E-state index contributed by atoms with van der Waals surface area (Å²) in [6.07, 6.45) is -5.47. The standard InChI is InChI=1S/C12H12F4O3.ClH/c1-2-3-10(11(17)18)19-7-4-5-9(13)8(6-7)12(14,15)16;/h4-6,10H,2-3H2,1H3,(H,17,18);1H. The molecule has 0 aliphatic carbocycles. The number of rotatable bonds is 5. The van der Waals surface area contributed by atoms with Crippen molar-refractivity contribution in [3.05, 3.63) is 29.6 Å². The van der Waals surface area contributed by atoms with Gasteiger partial charge in [-0.25, -0.2) is 9.18 Å². The SMILES string of the molecule is CCCC(Oc1ccc(F)c(C(F)(F)F)c1)C(=O)O.Cl. The molecule has 20 heavy (non-hydrogen) atoms. The molecular weight excluding hydrogens is 304 g/mol. The highest BCUT2D eigenvalue weighted by atomic mass is 35.5. The summed E-state index contributed by atoms with van der Waals surface area (Å²) in [6.45, 7) is 1.71. The molecule has 1 atom stereocenters. The molecule has 1 aromatic carbocycles. The van der Waals surface area contributed by atoms with Gasteiger partial charge in [-0.2, -0.15) is 13.2 Å². The van der Waals surface area contributed by atoms with Crippen LogP contribution in [0.3, 0.4) is 0 Å². The minimum absolute atomic E-state index is 0. The molecular formula is C12H13ClF4O3. The second kappa shape index (κ2) is 7.33. The minimum atomic E-state index is -4.85. The van der Waals surface area contributed by atoms with Crippen molar-refractivity contribution in [2.45, 2.75) is 32.0 Å². The van der Waals surface area contributed by atoms with E-state index >= 15 is 0 Å². The highest BCUT2D eigenvalue weighted by Gasteiger charge is 2.34. The molecule has 1 N–H and O–H groups in total. The Hall–Kier alpha value is -1.50. The lowest BCUT2D eigenvalue weighted by Crippen LogP contribution is -2.26. The van der Waals surface area contributed by atoms with E-state index in [9.17, 15) is 22.4 Å². The fourth-order valence-corrected chi connectivity index (χ4v) is 1.45. The van der Waals surface area contributed by atoms with Crippen molar-refractivity contribution < 1.29 is 32.2 Å². The third-order valence-corrected chi connectivity index (χ3v) is 2.35. The van der Waals surface area contributed by atoms with Crippen LogP contribution in [0.4, 0.5) is 17.6 Å². The molecule has 1 rings (SSSR count). The fraction of sp³-hybridized carbons (Fsp3) is 0.417. The van der Waals surface area contributed by atoms with E-state index in [2.05, 4.69) is 0 Å². The van der Waals surface area contributed by atoms with Crippen LogP contribution in [0.1, 0.15) is 25.3 Å². The molecule has 0 aliphatic rings. The topological polar surface area (TPSA) is 46.5 Å². The van der Waals surface area contributed by atoms with E-state index < -0.39 is 29.6 Å². The van der Waals surface area contributed by atoms with Crippen LogP contribution in [-0.2, 0) is 11.0 Å². The number of aliphatic carboxylic acids is 1. The zero-order valence-corrected chi connectivity index (χ0v) is 11.2. The number of hydrogen-bond acceptors (Lipinski definition) is 2. The van der Waals surface area contributed by atoms with Gasteiger partial charge in [-0.3, -0.25) is 0 Å². The Labute approximate surface area is 119 Å². The summed E-state index contributed by atoms with van der Waals surface area (Å²) in [7, 11) is 0. The second-order valence-electron chi connectivity index (χ2n) is 3.87. The largest absolute Gasteiger partial charge is 0.479 e. The van der Waals surface area contributed by atoms with Gasteiger partial charge in [0.15, 0.2) is 6.10 Å². The number of hydrogen-bond donors (Lipinski definition) is 1. The lowest BCUT2D eigenvalue weighted by molar-refractivity contribution is -0.145. The van der Waals surface area contributed by atoms with Crippen LogP contribution in [0, 0.1) is 5.82 Å². The number of ether oxygens (including phenoxy) is 1. The van der Waals surface area contributed by atoms with Gasteiger partial charge >= 0.3 is 12.1 Å². The highest BCUT2D eigenvalue weighted by Crippen LogP contribution is 2.33. The van der Waals surface area contributed by atoms with E-state index in [0.717, 1.165) is 6.07 Å². The molecule has 0 aliphatic heterocycles. The Morgan fingerprint density at radius 3 is 2.45 bits per heavy atom. The quantitative estimate of drug-likeness (QED) is 0.838. The molecule has 0 amide bonds. The third kappa shape index (κ3) is 4.88. The Bertz CT molecular complexity index is 463. The van der Waals surface area contributed by atoms with Crippen molar-refractivity contribution in [1.29, 1.82) is 0 Å². The molecule has 0 aromatic heterocycles. The summed E-state index contributed by atoms with van der Waals surface area (Å²) in [5.41, 5.74) is -1.48. The third-order valence-electron chi connectivity index (χ3n) is 2.35. The number of alkyl halides is 3. The Morgan fingerprint density at radius 1 is 1.40 bits per heavy atom. The molecule has 8 heteroatoms. The van der Waals surface area contributed by atoms with E-state index in [1.807, 2.05) is 0 Å². The van der Waals surface area contributed by atoms with E-state index in [1.54, 1.807) is 6.92 Å². The summed E-state index contributed by atoms with van der Waals surface area (Å²) >= 11 is 0. The van der Waals surface area contributed by atoms with Crippen molar-refractivity contribution in [3.8, 4) is 5.75 Å². The van der Waals surface area contributed by atoms with Crippen LogP contribution in [-0.4, -0.2) is 17.2 Å². The van der Waals surface area contributed by atoms with Crippen LogP contribution in [0.2, 0.25) is 0 Å². The zero-order valence-electron chi connectivity index (χ0n) is 10.4. The molecule has 0 saturated heterocycles. The average Bonchev–Trinajstić information content (AvgIpc) is 2.29. The maximum atomic E-state index is 13.0. The van der Waals surface area contributed by atoms with Gasteiger partial charge in [0.1, 0.15) is 11.6 Å². The van der Waals surface area contributed by atoms with Gasteiger partial charge in [0.2, 0.25) is 0 Å². The van der Waals surface area contributed by atoms with Crippen LogP contribution >= 0.6 is 12.4 Å². The summed E-state index contributed by atoms with van der Waals surface area (Å²) in [5, 5.41) is 8.83. The van der Waals surface area contributed by atoms with Crippen molar-refractivity contribution in [3.63, 3.8) is 0 Å². The van der Waals surface area contributed by atoms with E-state index in [0.29, 0.717) is 18.6 Å². The van der Waals surface area contributed by atoms with Crippen LogP contribution in [0.15, 0.2) is 18.2 Å². The highest BCUT2D eigenvalue weighted by molar-refractivity contribution is 5.85. The number of carboxylic acids is 1. The summed E-state index contributed by atoms with van der Waals surface area (Å²) < 4.78 is 55.3. The molecule has 0 radical (unpaired) electrons. The predicted molar refractivity (Wildman–Crippen MR) is 65.6 cm³/mol. The average molecular weight is 317 g/mol. The first kappa shape index (κ1) is 18.5. The van der Waals surface area contributed by atoms with Gasteiger partial charge in [-0.1, -0.05) is 13.3 Å². The van der Waals surface area contributed by atoms with Gasteiger partial charge in [-0.15, -0.1) is 12.4 Å². The molecule has 3 nitrogen and oxygen atoms in total. The van der Waals surface area contributed by atoms with Gasteiger partial charge in [0.05, 0.1) is 5.56 Å². The Balaban J connectivity index is 0.00000361. The lowest BCUT2D eigenvalue weighted by atomic mass is 10.2. The molecule has 0 bridgehead atoms. The molecule has 1 aromatic rings. The van der Waals surface area contributed by atoms with Crippen molar-refractivity contribution in [2.75, 3.05) is 0 Å². The number of carboxylic acid groups (broad SMARTS) is 1. The fourth-order valence-electron chi connectivity index (χ4n) is 1.45. The van der Waals surface area contributed by atoms with Gasteiger partial charge in [-0.05, 0) is 24.6 Å². The normalized spacial score (nSPS) is 12.4. The van der Waals surface area contributed by atoms with Crippen molar-refractivity contribution in [2.24, 2.45) is 0 Å². The van der Waals surface area contributed by atoms with Gasteiger partial charge < -0.3 is 9.84 Å². The smallest absolute Gasteiger partial charge is 0.419 e. The number of halogens is 5. The molecule has 0 fully saturated rings. The maximum absolute atomic E-state index is 13.0. The van der Waals surface area contributed by atoms with Crippen molar-refractivity contribution >= 4 is 18.4 Å². The molecule has 114 valence electrons. The van der Waals surface area contributed by atoms with E-state index in [-0.39, 0.29) is 24.6 Å². The number of carbonyl (C=O) groups is 1. The first-order chi connectivity index (χ1) is 8.75. The predicted octanol–water partition coefficient (Wildman–Crippen LogP) is 3.90. The van der Waals surface area contributed by atoms with E-state index in [1.165, 1.54) is 0 Å². The molecule has 0 heterocycles. The van der Waals surface area contributed by atoms with Gasteiger partial charge in [0.25, 0.3) is 0 Å². The minimum Gasteiger partial charge on any atom is -0.479 e. The Morgan fingerprint density at radius 2 is 2.00 bits per heavy atom. The molecule has 0 spiro atoms. The maximum Gasteiger partial charge on any atom is 0.419 e. The Kier molecular flexibility index (Phi) is 6.78. The zero-order chi connectivity index (χ0) is 14.6. The number of benzene rings is 1. The second-order valence-corrected chi connectivity index (χ2v) is 3.87. The summed E-state index contributed by atoms with van der Waals surface area (Å²) in [5.74, 6) is -3.03. The van der Waals surface area contributed by atoms with Crippen LogP contribution in [0.5, 0.6) is 5.75 Å². The lowest BCUT2D eigenvalue weighted by Gasteiger charge is -2.16. The van der Waals surface area contributed by atoms with E-state index in [4.69, 9.17) is 9.84 Å². The molecule has 0 saturated carbocycles. The first-order valence-electron chi connectivity index (χ1n) is 5.52. The van der Waals surface area contributed by atoms with Crippen molar-refractivity contribution in [1.82, 2.24) is 0 Å². The monoisotopic (exact) mass is 316 g/mol. The summed E-state index contributed by atoms with van der Waals surface area (Å²) in [6, 6.07) is 2.03. The van der Waals surface area contributed by atoms with Crippen LogP contribution in [0.25, 0.3) is 0 Å². The summed E-state index contributed by atoms with van der Waals surface area (Å²) in [4.78, 5) is 10.8. The van der Waals surface area contributed by atoms with Crippen LogP contribution < -0.4 is 4.74 Å².